The smallest absolute Gasteiger partial charge is 0.310 e. The minimum atomic E-state index is -0.116. The van der Waals surface area contributed by atoms with Gasteiger partial charge in [0.15, 0.2) is 5.96 Å². The van der Waals surface area contributed by atoms with Crippen LogP contribution in [0.1, 0.15) is 32.3 Å². The number of esters is 1. The molecule has 1 aromatic carbocycles. The van der Waals surface area contributed by atoms with E-state index in [-0.39, 0.29) is 11.9 Å². The van der Waals surface area contributed by atoms with Gasteiger partial charge in [-0.25, -0.2) is 4.99 Å². The SMILES string of the molecule is CCNC(=NCc1ccc(OC)cc1OC)N1CCCC(C(=O)OCC)C1. The van der Waals surface area contributed by atoms with Crippen LogP contribution in [0.2, 0.25) is 0 Å². The van der Waals surface area contributed by atoms with Crippen molar-refractivity contribution in [2.24, 2.45) is 10.9 Å². The zero-order valence-electron chi connectivity index (χ0n) is 16.8. The van der Waals surface area contributed by atoms with E-state index in [9.17, 15) is 4.79 Å². The highest BCUT2D eigenvalue weighted by atomic mass is 16.5. The summed E-state index contributed by atoms with van der Waals surface area (Å²) in [6, 6.07) is 5.72. The van der Waals surface area contributed by atoms with Crippen LogP contribution in [-0.4, -0.2) is 57.3 Å². The second-order valence-corrected chi connectivity index (χ2v) is 6.39. The van der Waals surface area contributed by atoms with Gasteiger partial charge >= 0.3 is 5.97 Å². The molecule has 0 radical (unpaired) electrons. The lowest BCUT2D eigenvalue weighted by Gasteiger charge is -2.34. The number of rotatable bonds is 7. The number of ether oxygens (including phenoxy) is 3. The Bertz CT molecular complexity index is 648. The molecule has 1 atom stereocenters. The molecule has 0 amide bonds. The third-order valence-corrected chi connectivity index (χ3v) is 4.57. The predicted molar refractivity (Wildman–Crippen MR) is 105 cm³/mol. The molecule has 1 N–H and O–H groups in total. The van der Waals surface area contributed by atoms with E-state index in [1.54, 1.807) is 14.2 Å². The van der Waals surface area contributed by atoms with Crippen molar-refractivity contribution in [1.82, 2.24) is 10.2 Å². The summed E-state index contributed by atoms with van der Waals surface area (Å²) in [5, 5.41) is 3.33. The first-order valence-corrected chi connectivity index (χ1v) is 9.53. The van der Waals surface area contributed by atoms with Crippen molar-refractivity contribution < 1.29 is 19.0 Å². The van der Waals surface area contributed by atoms with Gasteiger partial charge in [0, 0.05) is 31.3 Å². The fraction of sp³-hybridized carbons (Fsp3) is 0.600. The molecular weight excluding hydrogens is 346 g/mol. The third kappa shape index (κ3) is 5.77. The van der Waals surface area contributed by atoms with Gasteiger partial charge < -0.3 is 24.4 Å². The average Bonchev–Trinajstić information content (AvgIpc) is 2.71. The number of carbonyl (C=O) groups is 1. The highest BCUT2D eigenvalue weighted by Gasteiger charge is 2.28. The third-order valence-electron chi connectivity index (χ3n) is 4.57. The molecule has 2 rings (SSSR count). The first-order chi connectivity index (χ1) is 13.1. The first kappa shape index (κ1) is 20.9. The highest BCUT2D eigenvalue weighted by molar-refractivity contribution is 5.81. The van der Waals surface area contributed by atoms with Crippen molar-refractivity contribution in [1.29, 1.82) is 0 Å². The number of aliphatic imine (C=N–C) groups is 1. The van der Waals surface area contributed by atoms with Crippen molar-refractivity contribution in [2.75, 3.05) is 40.5 Å². The summed E-state index contributed by atoms with van der Waals surface area (Å²) in [7, 11) is 3.27. The number of likely N-dealkylation sites (tertiary alicyclic amines) is 1. The number of carbonyl (C=O) groups excluding carboxylic acids is 1. The Morgan fingerprint density at radius 1 is 1.30 bits per heavy atom. The molecule has 150 valence electrons. The summed E-state index contributed by atoms with van der Waals surface area (Å²) >= 11 is 0. The van der Waals surface area contributed by atoms with Crippen LogP contribution in [0, 0.1) is 5.92 Å². The molecule has 1 unspecified atom stereocenters. The monoisotopic (exact) mass is 377 g/mol. The van der Waals surface area contributed by atoms with Crippen LogP contribution in [0.15, 0.2) is 23.2 Å². The number of methoxy groups -OCH3 is 2. The van der Waals surface area contributed by atoms with Gasteiger partial charge in [0.05, 0.1) is 33.3 Å². The Hall–Kier alpha value is -2.44. The molecule has 1 aliphatic heterocycles. The highest BCUT2D eigenvalue weighted by Crippen LogP contribution is 2.25. The number of nitrogens with zero attached hydrogens (tertiary/aromatic N) is 2. The molecular formula is C20H31N3O4. The van der Waals surface area contributed by atoms with Crippen LogP contribution in [0.3, 0.4) is 0 Å². The van der Waals surface area contributed by atoms with Crippen molar-refractivity contribution in [3.8, 4) is 11.5 Å². The zero-order valence-corrected chi connectivity index (χ0v) is 16.8. The van der Waals surface area contributed by atoms with Crippen molar-refractivity contribution >= 4 is 11.9 Å². The maximum Gasteiger partial charge on any atom is 0.310 e. The van der Waals surface area contributed by atoms with E-state index < -0.39 is 0 Å². The maximum atomic E-state index is 12.1. The first-order valence-electron chi connectivity index (χ1n) is 9.53. The minimum Gasteiger partial charge on any atom is -0.497 e. The Morgan fingerprint density at radius 3 is 2.78 bits per heavy atom. The van der Waals surface area contributed by atoms with E-state index >= 15 is 0 Å². The number of benzene rings is 1. The molecule has 1 heterocycles. The molecule has 1 aliphatic rings. The summed E-state index contributed by atoms with van der Waals surface area (Å²) < 4.78 is 15.9. The lowest BCUT2D eigenvalue weighted by molar-refractivity contribution is -0.149. The normalized spacial score (nSPS) is 17.4. The molecule has 1 fully saturated rings. The van der Waals surface area contributed by atoms with Gasteiger partial charge in [-0.1, -0.05) is 0 Å². The standard InChI is InChI=1S/C20H31N3O4/c1-5-21-20(23-11-7-8-16(14-23)19(24)27-6-2)22-13-15-9-10-17(25-3)12-18(15)26-4/h9-10,12,16H,5-8,11,13-14H2,1-4H3,(H,21,22). The maximum absolute atomic E-state index is 12.1. The Labute approximate surface area is 161 Å². The lowest BCUT2D eigenvalue weighted by Crippen LogP contribution is -2.48. The van der Waals surface area contributed by atoms with Crippen LogP contribution in [0.4, 0.5) is 0 Å². The quantitative estimate of drug-likeness (QED) is 0.447. The topological polar surface area (TPSA) is 72.4 Å². The number of guanidine groups is 1. The fourth-order valence-corrected chi connectivity index (χ4v) is 3.19. The molecule has 0 saturated carbocycles. The van der Waals surface area contributed by atoms with Gasteiger partial charge in [0.2, 0.25) is 0 Å². The van der Waals surface area contributed by atoms with E-state index in [0.29, 0.717) is 19.7 Å². The lowest BCUT2D eigenvalue weighted by atomic mass is 9.98. The number of hydrogen-bond donors (Lipinski definition) is 1. The van der Waals surface area contributed by atoms with Gasteiger partial charge in [-0.2, -0.15) is 0 Å². The summed E-state index contributed by atoms with van der Waals surface area (Å²) in [4.78, 5) is 19.0. The molecule has 1 aromatic rings. The molecule has 7 nitrogen and oxygen atoms in total. The second-order valence-electron chi connectivity index (χ2n) is 6.39. The molecule has 0 aliphatic carbocycles. The van der Waals surface area contributed by atoms with Crippen LogP contribution in [0.5, 0.6) is 11.5 Å². The minimum absolute atomic E-state index is 0.0990. The van der Waals surface area contributed by atoms with Gasteiger partial charge in [-0.3, -0.25) is 4.79 Å². The molecule has 7 heteroatoms. The molecule has 0 spiro atoms. The van der Waals surface area contributed by atoms with E-state index in [2.05, 4.69) is 10.2 Å². The average molecular weight is 377 g/mol. The van der Waals surface area contributed by atoms with Gasteiger partial charge in [0.25, 0.3) is 0 Å². The summed E-state index contributed by atoms with van der Waals surface area (Å²) in [6.07, 6.45) is 1.81. The Kier molecular flexibility index (Phi) is 8.23. The Balaban J connectivity index is 2.13. The van der Waals surface area contributed by atoms with E-state index in [0.717, 1.165) is 49.0 Å². The fourth-order valence-electron chi connectivity index (χ4n) is 3.19. The van der Waals surface area contributed by atoms with Crippen molar-refractivity contribution in [2.45, 2.75) is 33.2 Å². The van der Waals surface area contributed by atoms with Gasteiger partial charge in [0.1, 0.15) is 11.5 Å². The molecule has 0 aromatic heterocycles. The van der Waals surface area contributed by atoms with Crippen molar-refractivity contribution in [3.05, 3.63) is 23.8 Å². The van der Waals surface area contributed by atoms with E-state index in [4.69, 9.17) is 19.2 Å². The number of piperidine rings is 1. The number of nitrogens with one attached hydrogen (secondary N) is 1. The van der Waals surface area contributed by atoms with E-state index in [1.807, 2.05) is 32.0 Å². The van der Waals surface area contributed by atoms with Gasteiger partial charge in [-0.05, 0) is 38.8 Å². The van der Waals surface area contributed by atoms with Crippen molar-refractivity contribution in [3.63, 3.8) is 0 Å². The van der Waals surface area contributed by atoms with Crippen LogP contribution in [0.25, 0.3) is 0 Å². The summed E-state index contributed by atoms with van der Waals surface area (Å²) in [6.45, 7) is 7.05. The molecule has 1 saturated heterocycles. The summed E-state index contributed by atoms with van der Waals surface area (Å²) in [5.74, 6) is 2.09. The predicted octanol–water partition coefficient (Wildman–Crippen LogP) is 2.44. The van der Waals surface area contributed by atoms with Crippen LogP contribution >= 0.6 is 0 Å². The van der Waals surface area contributed by atoms with E-state index in [1.165, 1.54) is 0 Å². The van der Waals surface area contributed by atoms with Crippen LogP contribution in [-0.2, 0) is 16.1 Å². The largest absolute Gasteiger partial charge is 0.497 e. The molecule has 0 bridgehead atoms. The zero-order chi connectivity index (χ0) is 19.6. The van der Waals surface area contributed by atoms with Gasteiger partial charge in [-0.15, -0.1) is 0 Å². The summed E-state index contributed by atoms with van der Waals surface area (Å²) in [5.41, 5.74) is 0.979. The second kappa shape index (κ2) is 10.6. The molecule has 27 heavy (non-hydrogen) atoms. The Morgan fingerprint density at radius 2 is 2.11 bits per heavy atom. The van der Waals surface area contributed by atoms with Crippen LogP contribution < -0.4 is 14.8 Å². The number of hydrogen-bond acceptors (Lipinski definition) is 5.